The second-order valence-corrected chi connectivity index (χ2v) is 3.54. The summed E-state index contributed by atoms with van der Waals surface area (Å²) in [6.07, 6.45) is -0.387. The first kappa shape index (κ1) is 14.8. The summed E-state index contributed by atoms with van der Waals surface area (Å²) in [5.74, 6) is -0.562. The van der Waals surface area contributed by atoms with Crippen LogP contribution in [-0.2, 0) is 19.6 Å². The molecule has 0 aliphatic carbocycles. The van der Waals surface area contributed by atoms with Gasteiger partial charge in [-0.3, -0.25) is 0 Å². The number of hydrogen-bond acceptors (Lipinski definition) is 6. The van der Waals surface area contributed by atoms with Gasteiger partial charge in [0, 0.05) is 6.26 Å². The van der Waals surface area contributed by atoms with Crippen molar-refractivity contribution in [1.29, 1.82) is 0 Å². The van der Waals surface area contributed by atoms with Crippen LogP contribution in [0.4, 0.5) is 0 Å². The Hall–Kier alpha value is -0.660. The molecule has 0 amide bonds. The Morgan fingerprint density at radius 2 is 1.92 bits per heavy atom. The molecule has 0 aliphatic rings. The number of ether oxygens (including phenoxy) is 1. The van der Waals surface area contributed by atoms with Crippen molar-refractivity contribution in [2.75, 3.05) is 12.9 Å². The van der Waals surface area contributed by atoms with Gasteiger partial charge >= 0.3 is 5.97 Å². The normalized spacial score (nSPS) is 12.4. The fourth-order valence-corrected chi connectivity index (χ4v) is 0.263. The summed E-state index contributed by atoms with van der Waals surface area (Å²) < 4.78 is 31.6. The number of aliphatic hydroxyl groups is 1. The zero-order valence-corrected chi connectivity index (χ0v) is 8.50. The molecule has 0 saturated carbocycles. The fourth-order valence-electron chi connectivity index (χ4n) is 0.263. The van der Waals surface area contributed by atoms with Crippen molar-refractivity contribution in [2.45, 2.75) is 20.0 Å². The highest BCUT2D eigenvalue weighted by Gasteiger charge is 2.07. The van der Waals surface area contributed by atoms with E-state index in [4.69, 9.17) is 18.1 Å². The number of hydrogen-bond donors (Lipinski definition) is 1. The van der Waals surface area contributed by atoms with Crippen LogP contribution in [0.5, 0.6) is 0 Å². The first-order valence-corrected chi connectivity index (χ1v) is 5.25. The molecule has 80 valence electrons. The van der Waals surface area contributed by atoms with E-state index in [1.54, 1.807) is 6.92 Å². The van der Waals surface area contributed by atoms with E-state index in [9.17, 15) is 4.79 Å². The summed E-state index contributed by atoms with van der Waals surface area (Å²) >= 11 is 0. The van der Waals surface area contributed by atoms with Crippen LogP contribution < -0.4 is 0 Å². The molecule has 1 atom stereocenters. The minimum absolute atomic E-state index is 0.323. The molecule has 1 N–H and O–H groups in total. The zero-order chi connectivity index (χ0) is 11.1. The van der Waals surface area contributed by atoms with Gasteiger partial charge in [-0.1, -0.05) is 0 Å². The molecule has 0 saturated heterocycles. The molecule has 0 radical (unpaired) electrons. The standard InChI is InChI=1S/C5H10O3.CH4O3S/c1-3-8-5(7)4(2)6;1-5(2,3)4/h4,6H,3H2,1-2H3;1H3,(H,2,3,4)/p-1. The molecule has 1 unspecified atom stereocenters. The van der Waals surface area contributed by atoms with E-state index in [1.165, 1.54) is 6.92 Å². The third kappa shape index (κ3) is 24.6. The van der Waals surface area contributed by atoms with Gasteiger partial charge in [0.1, 0.15) is 6.10 Å². The Kier molecular flexibility index (Phi) is 7.78. The van der Waals surface area contributed by atoms with E-state index < -0.39 is 22.2 Å². The van der Waals surface area contributed by atoms with Crippen molar-refractivity contribution in [1.82, 2.24) is 0 Å². The van der Waals surface area contributed by atoms with Crippen LogP contribution in [0.15, 0.2) is 0 Å². The molecule has 0 aromatic carbocycles. The molecular weight excluding hydrogens is 200 g/mol. The minimum Gasteiger partial charge on any atom is -0.748 e. The second-order valence-electron chi connectivity index (χ2n) is 2.13. The molecule has 0 rings (SSSR count). The maximum Gasteiger partial charge on any atom is 0.334 e. The summed E-state index contributed by atoms with van der Waals surface area (Å²) in [7, 11) is -3.92. The molecule has 0 fully saturated rings. The van der Waals surface area contributed by atoms with Crippen LogP contribution in [0.3, 0.4) is 0 Å². The lowest BCUT2D eigenvalue weighted by Crippen LogP contribution is -2.18. The van der Waals surface area contributed by atoms with E-state index in [0.717, 1.165) is 0 Å². The van der Waals surface area contributed by atoms with Gasteiger partial charge in [-0.05, 0) is 13.8 Å². The molecule has 0 aromatic heterocycles. The second kappa shape index (κ2) is 6.81. The molecule has 0 aromatic rings. The average molecular weight is 213 g/mol. The summed E-state index contributed by atoms with van der Waals surface area (Å²) in [5.41, 5.74) is 0. The van der Waals surface area contributed by atoms with Crippen LogP contribution in [0.1, 0.15) is 13.8 Å². The number of carbonyl (C=O) groups excluding carboxylic acids is 1. The maximum absolute atomic E-state index is 10.3. The number of esters is 1. The van der Waals surface area contributed by atoms with Crippen molar-refractivity contribution in [3.05, 3.63) is 0 Å². The van der Waals surface area contributed by atoms with E-state index in [-0.39, 0.29) is 0 Å². The monoisotopic (exact) mass is 213 g/mol. The largest absolute Gasteiger partial charge is 0.748 e. The van der Waals surface area contributed by atoms with Crippen molar-refractivity contribution in [3.8, 4) is 0 Å². The summed E-state index contributed by atoms with van der Waals surface area (Å²) in [4.78, 5) is 10.3. The average Bonchev–Trinajstić information content (AvgIpc) is 1.84. The lowest BCUT2D eigenvalue weighted by Gasteiger charge is -2.01. The van der Waals surface area contributed by atoms with Gasteiger partial charge in [0.05, 0.1) is 16.7 Å². The summed E-state index contributed by atoms with van der Waals surface area (Å²) in [5, 5.41) is 8.48. The third-order valence-electron chi connectivity index (χ3n) is 0.628. The minimum atomic E-state index is -3.92. The molecule has 0 heterocycles. The molecular formula is C6H13O6S-. The van der Waals surface area contributed by atoms with Gasteiger partial charge in [-0.15, -0.1) is 0 Å². The van der Waals surface area contributed by atoms with E-state index in [2.05, 4.69) is 4.74 Å². The van der Waals surface area contributed by atoms with E-state index >= 15 is 0 Å². The Balaban J connectivity index is 0. The predicted molar refractivity (Wildman–Crippen MR) is 43.9 cm³/mol. The lowest BCUT2D eigenvalue weighted by atomic mass is 10.4. The molecule has 0 aliphatic heterocycles. The Morgan fingerprint density at radius 1 is 1.62 bits per heavy atom. The highest BCUT2D eigenvalue weighted by molar-refractivity contribution is 7.84. The van der Waals surface area contributed by atoms with Gasteiger partial charge in [0.25, 0.3) is 0 Å². The van der Waals surface area contributed by atoms with Gasteiger partial charge in [-0.2, -0.15) is 0 Å². The van der Waals surface area contributed by atoms with Crippen LogP contribution in [0.2, 0.25) is 0 Å². The van der Waals surface area contributed by atoms with Crippen LogP contribution in [0, 0.1) is 0 Å². The topological polar surface area (TPSA) is 104 Å². The lowest BCUT2D eigenvalue weighted by molar-refractivity contribution is -0.151. The smallest absolute Gasteiger partial charge is 0.334 e. The van der Waals surface area contributed by atoms with Gasteiger partial charge in [-0.25, -0.2) is 13.2 Å². The highest BCUT2D eigenvalue weighted by atomic mass is 32.2. The van der Waals surface area contributed by atoms with E-state index in [0.29, 0.717) is 12.9 Å². The molecule has 0 spiro atoms. The predicted octanol–water partition coefficient (Wildman–Crippen LogP) is -0.908. The highest BCUT2D eigenvalue weighted by Crippen LogP contribution is 1.84. The van der Waals surface area contributed by atoms with Gasteiger partial charge in [0.2, 0.25) is 0 Å². The third-order valence-corrected chi connectivity index (χ3v) is 0.628. The van der Waals surface area contributed by atoms with Crippen LogP contribution in [-0.4, -0.2) is 43.0 Å². The fraction of sp³-hybridized carbons (Fsp3) is 0.833. The van der Waals surface area contributed by atoms with Gasteiger partial charge in [0.15, 0.2) is 0 Å². The number of rotatable bonds is 2. The van der Waals surface area contributed by atoms with Crippen molar-refractivity contribution >= 4 is 16.1 Å². The van der Waals surface area contributed by atoms with Crippen molar-refractivity contribution < 1.29 is 27.6 Å². The number of carbonyl (C=O) groups is 1. The molecule has 6 nitrogen and oxygen atoms in total. The first-order chi connectivity index (χ1) is 5.68. The molecule has 13 heavy (non-hydrogen) atoms. The quantitative estimate of drug-likeness (QED) is 0.470. The van der Waals surface area contributed by atoms with Crippen molar-refractivity contribution in [3.63, 3.8) is 0 Å². The molecule has 7 heteroatoms. The zero-order valence-electron chi connectivity index (χ0n) is 7.68. The van der Waals surface area contributed by atoms with Crippen LogP contribution >= 0.6 is 0 Å². The SMILES string of the molecule is CCOC(=O)C(C)O.CS(=O)(=O)[O-]. The Bertz CT molecular complexity index is 222. The summed E-state index contributed by atoms with van der Waals surface area (Å²) in [6.45, 7) is 3.39. The van der Waals surface area contributed by atoms with Gasteiger partial charge < -0.3 is 14.4 Å². The molecule has 0 bridgehead atoms. The maximum atomic E-state index is 10.3. The Labute approximate surface area is 77.3 Å². The van der Waals surface area contributed by atoms with Crippen LogP contribution in [0.25, 0.3) is 0 Å². The number of aliphatic hydroxyl groups excluding tert-OH is 1. The van der Waals surface area contributed by atoms with Crippen molar-refractivity contribution in [2.24, 2.45) is 0 Å². The Morgan fingerprint density at radius 3 is 2.00 bits per heavy atom. The van der Waals surface area contributed by atoms with E-state index in [1.807, 2.05) is 0 Å². The first-order valence-electron chi connectivity index (χ1n) is 3.44. The summed E-state index contributed by atoms with van der Waals surface area (Å²) in [6, 6.07) is 0.